The van der Waals surface area contributed by atoms with Crippen LogP contribution in [-0.2, 0) is 14.8 Å². The van der Waals surface area contributed by atoms with Crippen molar-refractivity contribution in [3.8, 4) is 0 Å². The van der Waals surface area contributed by atoms with Crippen molar-refractivity contribution in [2.75, 3.05) is 11.8 Å². The predicted molar refractivity (Wildman–Crippen MR) is 112 cm³/mol. The summed E-state index contributed by atoms with van der Waals surface area (Å²) >= 11 is 1.04. The summed E-state index contributed by atoms with van der Waals surface area (Å²) < 4.78 is 54.1. The Morgan fingerprint density at radius 1 is 1.00 bits per heavy atom. The van der Waals surface area contributed by atoms with E-state index in [-0.39, 0.29) is 21.0 Å². The number of amides is 2. The molecular formula is C20H17F2N3O4S2. The van der Waals surface area contributed by atoms with Crippen LogP contribution in [0.5, 0.6) is 0 Å². The molecule has 1 atom stereocenters. The van der Waals surface area contributed by atoms with Crippen molar-refractivity contribution in [2.45, 2.75) is 10.3 Å². The van der Waals surface area contributed by atoms with Crippen molar-refractivity contribution in [3.63, 3.8) is 0 Å². The van der Waals surface area contributed by atoms with Gasteiger partial charge in [-0.25, -0.2) is 17.2 Å². The lowest BCUT2D eigenvalue weighted by Gasteiger charge is -2.18. The average molecular weight is 466 g/mol. The van der Waals surface area contributed by atoms with E-state index in [1.807, 2.05) is 0 Å². The van der Waals surface area contributed by atoms with Gasteiger partial charge in [0.25, 0.3) is 15.9 Å². The first-order valence-electron chi connectivity index (χ1n) is 8.85. The molecule has 0 fully saturated rings. The highest BCUT2D eigenvalue weighted by atomic mass is 32.2. The highest BCUT2D eigenvalue weighted by molar-refractivity contribution is 7.94. The summed E-state index contributed by atoms with van der Waals surface area (Å²) in [6.45, 7) is 0. The largest absolute Gasteiger partial charge is 0.357 e. The Bertz CT molecular complexity index is 1210. The molecule has 0 aliphatic rings. The zero-order valence-corrected chi connectivity index (χ0v) is 17.7. The standard InChI is InChI=1S/C20H17F2N3O4S2/c1-23-20(27)18(12-7-8-15(21)16(22)11-12)24-19(26)13-4-2-5-14(10-13)25-31(28,29)17-6-3-9-30-17/h2-11,18,25H,1H3,(H,23,27)(H,24,26). The van der Waals surface area contributed by atoms with E-state index >= 15 is 0 Å². The lowest BCUT2D eigenvalue weighted by Crippen LogP contribution is -2.39. The molecule has 0 spiro atoms. The van der Waals surface area contributed by atoms with Gasteiger partial charge in [-0.1, -0.05) is 18.2 Å². The molecule has 162 valence electrons. The third-order valence-corrected chi connectivity index (χ3v) is 6.98. The van der Waals surface area contributed by atoms with E-state index in [2.05, 4.69) is 15.4 Å². The second-order valence-corrected chi connectivity index (χ2v) is 9.17. The van der Waals surface area contributed by atoms with Gasteiger partial charge in [0, 0.05) is 18.3 Å². The number of likely N-dealkylation sites (N-methyl/N-ethyl adjacent to an activating group) is 1. The molecule has 2 amide bonds. The van der Waals surface area contributed by atoms with Crippen molar-refractivity contribution >= 4 is 38.9 Å². The van der Waals surface area contributed by atoms with E-state index in [4.69, 9.17) is 0 Å². The lowest BCUT2D eigenvalue weighted by atomic mass is 10.0. The highest BCUT2D eigenvalue weighted by Gasteiger charge is 2.24. The summed E-state index contributed by atoms with van der Waals surface area (Å²) in [5.74, 6) is -3.61. The highest BCUT2D eigenvalue weighted by Crippen LogP contribution is 2.22. The predicted octanol–water partition coefficient (Wildman–Crippen LogP) is 3.04. The summed E-state index contributed by atoms with van der Waals surface area (Å²) in [5.41, 5.74) is 0.245. The molecule has 3 aromatic rings. The van der Waals surface area contributed by atoms with E-state index in [0.29, 0.717) is 0 Å². The van der Waals surface area contributed by atoms with Crippen molar-refractivity contribution in [3.05, 3.63) is 82.7 Å². The van der Waals surface area contributed by atoms with Crippen molar-refractivity contribution in [1.29, 1.82) is 0 Å². The second-order valence-electron chi connectivity index (χ2n) is 6.31. The molecule has 0 aliphatic heterocycles. The summed E-state index contributed by atoms with van der Waals surface area (Å²) in [7, 11) is -2.47. The Kier molecular flexibility index (Phi) is 6.66. The van der Waals surface area contributed by atoms with E-state index in [1.165, 1.54) is 43.4 Å². The van der Waals surface area contributed by atoms with Gasteiger partial charge in [0.15, 0.2) is 11.6 Å². The molecule has 3 rings (SSSR count). The SMILES string of the molecule is CNC(=O)C(NC(=O)c1cccc(NS(=O)(=O)c2cccs2)c1)c1ccc(F)c(F)c1. The molecule has 0 bridgehead atoms. The molecular weight excluding hydrogens is 448 g/mol. The van der Waals surface area contributed by atoms with E-state index in [9.17, 15) is 26.8 Å². The van der Waals surface area contributed by atoms with Gasteiger partial charge in [-0.05, 0) is 47.3 Å². The molecule has 1 aromatic heterocycles. The summed E-state index contributed by atoms with van der Waals surface area (Å²) in [4.78, 5) is 24.9. The molecule has 3 N–H and O–H groups in total. The van der Waals surface area contributed by atoms with E-state index in [0.717, 1.165) is 23.5 Å². The van der Waals surface area contributed by atoms with Gasteiger partial charge in [0.1, 0.15) is 10.3 Å². The molecule has 0 radical (unpaired) electrons. The van der Waals surface area contributed by atoms with Crippen molar-refractivity contribution in [2.24, 2.45) is 0 Å². The number of hydrogen-bond donors (Lipinski definition) is 3. The van der Waals surface area contributed by atoms with E-state index in [1.54, 1.807) is 11.4 Å². The monoisotopic (exact) mass is 465 g/mol. The molecule has 1 unspecified atom stereocenters. The van der Waals surface area contributed by atoms with Crippen LogP contribution in [0.4, 0.5) is 14.5 Å². The van der Waals surface area contributed by atoms with Crippen LogP contribution >= 0.6 is 11.3 Å². The normalized spacial score (nSPS) is 12.1. The minimum Gasteiger partial charge on any atom is -0.357 e. The molecule has 0 saturated heterocycles. The van der Waals surface area contributed by atoms with Gasteiger partial charge in [-0.3, -0.25) is 14.3 Å². The van der Waals surface area contributed by atoms with Crippen LogP contribution in [0.3, 0.4) is 0 Å². The summed E-state index contributed by atoms with van der Waals surface area (Å²) in [6, 6.07) is 10.3. The fourth-order valence-electron chi connectivity index (χ4n) is 2.70. The first kappa shape index (κ1) is 22.4. The number of hydrogen-bond acceptors (Lipinski definition) is 5. The maximum absolute atomic E-state index is 13.6. The Morgan fingerprint density at radius 2 is 1.77 bits per heavy atom. The van der Waals surface area contributed by atoms with Gasteiger partial charge >= 0.3 is 0 Å². The molecule has 7 nitrogen and oxygen atoms in total. The molecule has 2 aromatic carbocycles. The van der Waals surface area contributed by atoms with Crippen LogP contribution in [0.15, 0.2) is 64.2 Å². The lowest BCUT2D eigenvalue weighted by molar-refractivity contribution is -0.122. The smallest absolute Gasteiger partial charge is 0.271 e. The van der Waals surface area contributed by atoms with Crippen molar-refractivity contribution < 1.29 is 26.8 Å². The minimum absolute atomic E-state index is 0.0427. The number of nitrogens with one attached hydrogen (secondary N) is 3. The number of sulfonamides is 1. The quantitative estimate of drug-likeness (QED) is 0.499. The third kappa shape index (κ3) is 5.25. The maximum atomic E-state index is 13.6. The van der Waals surface area contributed by atoms with Crippen LogP contribution in [0.2, 0.25) is 0 Å². The maximum Gasteiger partial charge on any atom is 0.271 e. The van der Waals surface area contributed by atoms with Crippen LogP contribution < -0.4 is 15.4 Å². The first-order chi connectivity index (χ1) is 14.7. The number of carbonyl (C=O) groups excluding carboxylic acids is 2. The summed E-state index contributed by atoms with van der Waals surface area (Å²) in [5, 5.41) is 6.42. The number of anilines is 1. The van der Waals surface area contributed by atoms with Gasteiger partial charge in [0.05, 0.1) is 0 Å². The number of thiophene rings is 1. The molecule has 31 heavy (non-hydrogen) atoms. The van der Waals surface area contributed by atoms with Crippen LogP contribution in [0.1, 0.15) is 22.0 Å². The zero-order valence-electron chi connectivity index (χ0n) is 16.1. The van der Waals surface area contributed by atoms with Gasteiger partial charge in [-0.2, -0.15) is 0 Å². The Balaban J connectivity index is 1.83. The minimum atomic E-state index is -3.81. The number of carbonyl (C=O) groups is 2. The number of halogens is 2. The number of rotatable bonds is 7. The second kappa shape index (κ2) is 9.23. The Labute approximate surface area is 181 Å². The fourth-order valence-corrected chi connectivity index (χ4v) is 4.74. The first-order valence-corrected chi connectivity index (χ1v) is 11.2. The fraction of sp³-hybridized carbons (Fsp3) is 0.100. The molecule has 1 heterocycles. The van der Waals surface area contributed by atoms with Gasteiger partial charge in [-0.15, -0.1) is 11.3 Å². The van der Waals surface area contributed by atoms with Crippen LogP contribution in [0, 0.1) is 11.6 Å². The van der Waals surface area contributed by atoms with Crippen LogP contribution in [0.25, 0.3) is 0 Å². The van der Waals surface area contributed by atoms with E-state index < -0.39 is 39.5 Å². The van der Waals surface area contributed by atoms with Gasteiger partial charge in [0.2, 0.25) is 5.91 Å². The Morgan fingerprint density at radius 3 is 2.42 bits per heavy atom. The van der Waals surface area contributed by atoms with Gasteiger partial charge < -0.3 is 10.6 Å². The molecule has 11 heteroatoms. The topological polar surface area (TPSA) is 104 Å². The van der Waals surface area contributed by atoms with Crippen LogP contribution in [-0.4, -0.2) is 27.3 Å². The van der Waals surface area contributed by atoms with Crippen molar-refractivity contribution in [1.82, 2.24) is 10.6 Å². The molecule has 0 aliphatic carbocycles. The summed E-state index contributed by atoms with van der Waals surface area (Å²) in [6.07, 6.45) is 0. The average Bonchev–Trinajstić information content (AvgIpc) is 3.29. The zero-order chi connectivity index (χ0) is 22.6. The molecule has 0 saturated carbocycles. The number of benzene rings is 2. The Hall–Kier alpha value is -3.31. The third-order valence-electron chi connectivity index (χ3n) is 4.20.